The van der Waals surface area contributed by atoms with Gasteiger partial charge in [-0.3, -0.25) is 14.9 Å². The molecule has 0 fully saturated rings. The molecule has 0 bridgehead atoms. The zero-order valence-corrected chi connectivity index (χ0v) is 11.7. The highest BCUT2D eigenvalue weighted by molar-refractivity contribution is 6.42. The predicted molar refractivity (Wildman–Crippen MR) is 73.0 cm³/mol. The topological polar surface area (TPSA) is 92.5 Å². The van der Waals surface area contributed by atoms with Crippen LogP contribution in [0.5, 0.6) is 0 Å². The summed E-state index contributed by atoms with van der Waals surface area (Å²) in [6.45, 7) is 3.12. The van der Waals surface area contributed by atoms with Crippen LogP contribution in [-0.2, 0) is 4.79 Å². The minimum atomic E-state index is -0.997. The Balaban J connectivity index is 3.09. The number of rotatable bonds is 5. The summed E-state index contributed by atoms with van der Waals surface area (Å²) in [4.78, 5) is 21.2. The molecule has 0 spiro atoms. The van der Waals surface area contributed by atoms with Gasteiger partial charge in [-0.15, -0.1) is 0 Å². The number of aliphatic carboxylic acids is 1. The third kappa shape index (κ3) is 3.71. The molecule has 0 aromatic heterocycles. The van der Waals surface area contributed by atoms with E-state index in [4.69, 9.17) is 28.3 Å². The summed E-state index contributed by atoms with van der Waals surface area (Å²) in [5.74, 6) is -1.71. The lowest BCUT2D eigenvalue weighted by Gasteiger charge is -2.19. The van der Waals surface area contributed by atoms with Gasteiger partial charge in [0, 0.05) is 12.1 Å². The van der Waals surface area contributed by atoms with E-state index in [-0.39, 0.29) is 21.4 Å². The molecular formula is C11H12Cl2N2O4. The van der Waals surface area contributed by atoms with Crippen LogP contribution in [0.15, 0.2) is 12.1 Å². The number of benzene rings is 1. The van der Waals surface area contributed by atoms with Gasteiger partial charge in [-0.25, -0.2) is 0 Å². The highest BCUT2D eigenvalue weighted by Gasteiger charge is 2.23. The fourth-order valence-corrected chi connectivity index (χ4v) is 1.71. The smallest absolute Gasteiger partial charge is 0.308 e. The van der Waals surface area contributed by atoms with Crippen LogP contribution in [0, 0.1) is 16.0 Å². The van der Waals surface area contributed by atoms with Gasteiger partial charge in [0.25, 0.3) is 5.69 Å². The van der Waals surface area contributed by atoms with Crippen molar-refractivity contribution in [3.63, 3.8) is 0 Å². The van der Waals surface area contributed by atoms with Crippen molar-refractivity contribution in [2.75, 3.05) is 5.32 Å². The first-order valence-corrected chi connectivity index (χ1v) is 6.12. The van der Waals surface area contributed by atoms with Crippen molar-refractivity contribution in [2.24, 2.45) is 5.92 Å². The number of nitro groups is 1. The maximum absolute atomic E-state index is 10.9. The van der Waals surface area contributed by atoms with E-state index in [1.165, 1.54) is 13.0 Å². The molecule has 2 unspecified atom stereocenters. The largest absolute Gasteiger partial charge is 0.481 e. The van der Waals surface area contributed by atoms with Crippen molar-refractivity contribution >= 4 is 40.5 Å². The van der Waals surface area contributed by atoms with E-state index in [0.717, 1.165) is 6.07 Å². The van der Waals surface area contributed by atoms with Crippen molar-refractivity contribution in [1.82, 2.24) is 0 Å². The molecule has 104 valence electrons. The van der Waals surface area contributed by atoms with Crippen LogP contribution in [-0.4, -0.2) is 22.0 Å². The van der Waals surface area contributed by atoms with Gasteiger partial charge >= 0.3 is 5.97 Å². The van der Waals surface area contributed by atoms with Crippen LogP contribution in [0.25, 0.3) is 0 Å². The Morgan fingerprint density at radius 3 is 2.37 bits per heavy atom. The lowest BCUT2D eigenvalue weighted by atomic mass is 10.0. The van der Waals surface area contributed by atoms with Crippen molar-refractivity contribution in [3.05, 3.63) is 32.3 Å². The molecule has 0 saturated heterocycles. The first-order chi connectivity index (χ1) is 8.73. The molecule has 0 radical (unpaired) electrons. The number of anilines is 1. The van der Waals surface area contributed by atoms with E-state index in [2.05, 4.69) is 5.32 Å². The third-order valence-corrected chi connectivity index (χ3v) is 3.48. The van der Waals surface area contributed by atoms with Gasteiger partial charge in [0.2, 0.25) is 0 Å². The van der Waals surface area contributed by atoms with Crippen molar-refractivity contribution < 1.29 is 14.8 Å². The summed E-state index contributed by atoms with van der Waals surface area (Å²) in [7, 11) is 0. The summed E-state index contributed by atoms with van der Waals surface area (Å²) in [5, 5.41) is 22.8. The monoisotopic (exact) mass is 306 g/mol. The molecule has 2 atom stereocenters. The molecule has 0 saturated carbocycles. The Kier molecular flexibility index (Phi) is 4.97. The van der Waals surface area contributed by atoms with Crippen LogP contribution < -0.4 is 5.32 Å². The van der Waals surface area contributed by atoms with Gasteiger partial charge < -0.3 is 10.4 Å². The molecule has 0 amide bonds. The van der Waals surface area contributed by atoms with E-state index in [0.29, 0.717) is 0 Å². The Hall–Kier alpha value is -1.53. The van der Waals surface area contributed by atoms with Gasteiger partial charge in [-0.05, 0) is 19.9 Å². The quantitative estimate of drug-likeness (QED) is 0.642. The van der Waals surface area contributed by atoms with E-state index < -0.39 is 22.9 Å². The van der Waals surface area contributed by atoms with E-state index in [1.54, 1.807) is 6.92 Å². The number of nitrogens with zero attached hydrogens (tertiary/aromatic N) is 1. The minimum absolute atomic E-state index is 0.0675. The molecule has 1 aromatic rings. The number of carboxylic acids is 1. The van der Waals surface area contributed by atoms with Gasteiger partial charge in [0.15, 0.2) is 0 Å². The summed E-state index contributed by atoms with van der Waals surface area (Å²) in [5.41, 5.74) is -0.112. The summed E-state index contributed by atoms with van der Waals surface area (Å²) >= 11 is 11.5. The van der Waals surface area contributed by atoms with E-state index >= 15 is 0 Å². The molecule has 0 heterocycles. The predicted octanol–water partition coefficient (Wildman–Crippen LogP) is 3.42. The second-order valence-electron chi connectivity index (χ2n) is 4.10. The second kappa shape index (κ2) is 6.08. The average molecular weight is 307 g/mol. The number of carbonyl (C=O) groups is 1. The van der Waals surface area contributed by atoms with Gasteiger partial charge in [-0.2, -0.15) is 0 Å². The van der Waals surface area contributed by atoms with E-state index in [1.807, 2.05) is 0 Å². The first-order valence-electron chi connectivity index (χ1n) is 5.36. The standard InChI is InChI=1S/C11H12Cl2N2O4/c1-5(11(16)17)6(2)14-9-3-7(12)8(13)4-10(9)15(18)19/h3-6,14H,1-2H3,(H,16,17). The average Bonchev–Trinajstić information content (AvgIpc) is 2.31. The molecule has 1 rings (SSSR count). The van der Waals surface area contributed by atoms with E-state index in [9.17, 15) is 14.9 Å². The van der Waals surface area contributed by atoms with Crippen LogP contribution in [0.2, 0.25) is 10.0 Å². The lowest BCUT2D eigenvalue weighted by molar-refractivity contribution is -0.384. The number of carboxylic acid groups (broad SMARTS) is 1. The number of hydrogen-bond donors (Lipinski definition) is 2. The first kappa shape index (κ1) is 15.5. The van der Waals surface area contributed by atoms with Gasteiger partial charge in [0.1, 0.15) is 5.69 Å². The molecule has 0 aliphatic rings. The fraction of sp³-hybridized carbons (Fsp3) is 0.364. The lowest BCUT2D eigenvalue weighted by Crippen LogP contribution is -2.29. The maximum atomic E-state index is 10.9. The highest BCUT2D eigenvalue weighted by Crippen LogP contribution is 2.34. The Bertz CT molecular complexity index is 522. The molecule has 0 aliphatic carbocycles. The SMILES string of the molecule is CC(Nc1cc(Cl)c(Cl)cc1[N+](=O)[O-])C(C)C(=O)O. The Labute approximate surface area is 119 Å². The normalized spacial score (nSPS) is 13.7. The van der Waals surface area contributed by atoms with Crippen LogP contribution in [0.4, 0.5) is 11.4 Å². The molecule has 8 heteroatoms. The molecule has 0 aliphatic heterocycles. The molecular weight excluding hydrogens is 295 g/mol. The second-order valence-corrected chi connectivity index (χ2v) is 4.91. The molecule has 19 heavy (non-hydrogen) atoms. The minimum Gasteiger partial charge on any atom is -0.481 e. The third-order valence-electron chi connectivity index (χ3n) is 2.76. The van der Waals surface area contributed by atoms with Crippen molar-refractivity contribution in [3.8, 4) is 0 Å². The number of halogens is 2. The number of nitrogens with one attached hydrogen (secondary N) is 1. The summed E-state index contributed by atoms with van der Waals surface area (Å²) < 4.78 is 0. The molecule has 6 nitrogen and oxygen atoms in total. The Morgan fingerprint density at radius 2 is 1.89 bits per heavy atom. The van der Waals surface area contributed by atoms with Crippen molar-refractivity contribution in [2.45, 2.75) is 19.9 Å². The van der Waals surface area contributed by atoms with Crippen molar-refractivity contribution in [1.29, 1.82) is 0 Å². The molecule has 1 aromatic carbocycles. The number of hydrogen-bond acceptors (Lipinski definition) is 4. The summed E-state index contributed by atoms with van der Waals surface area (Å²) in [6.07, 6.45) is 0. The Morgan fingerprint density at radius 1 is 1.37 bits per heavy atom. The highest BCUT2D eigenvalue weighted by atomic mass is 35.5. The van der Waals surface area contributed by atoms with Gasteiger partial charge in [0.05, 0.1) is 20.9 Å². The van der Waals surface area contributed by atoms with Crippen LogP contribution >= 0.6 is 23.2 Å². The zero-order chi connectivity index (χ0) is 14.7. The maximum Gasteiger partial charge on any atom is 0.308 e. The van der Waals surface area contributed by atoms with Crippen LogP contribution in [0.1, 0.15) is 13.8 Å². The molecule has 2 N–H and O–H groups in total. The summed E-state index contributed by atoms with van der Waals surface area (Å²) in [6, 6.07) is 1.94. The zero-order valence-electron chi connectivity index (χ0n) is 10.2. The van der Waals surface area contributed by atoms with Crippen LogP contribution in [0.3, 0.4) is 0 Å². The number of nitro benzene ring substituents is 1. The fourth-order valence-electron chi connectivity index (χ4n) is 1.39. The van der Waals surface area contributed by atoms with Gasteiger partial charge in [-0.1, -0.05) is 23.2 Å².